The van der Waals surface area contributed by atoms with Crippen LogP contribution < -0.4 is 15.4 Å². The molecule has 6 nitrogen and oxygen atoms in total. The molecule has 1 fully saturated rings. The van der Waals surface area contributed by atoms with Gasteiger partial charge in [0.05, 0.1) is 30.3 Å². The minimum atomic E-state index is -0.173. The van der Waals surface area contributed by atoms with Gasteiger partial charge < -0.3 is 15.4 Å². The molecule has 164 valence electrons. The first-order chi connectivity index (χ1) is 14.6. The number of carbonyl (C=O) groups is 1. The average Bonchev–Trinajstić information content (AvgIpc) is 3.22. The van der Waals surface area contributed by atoms with Gasteiger partial charge in [-0.25, -0.2) is 4.68 Å². The van der Waals surface area contributed by atoms with Crippen LogP contribution in [0.5, 0.6) is 5.75 Å². The third-order valence-electron chi connectivity index (χ3n) is 5.54. The Hall–Kier alpha value is -2.54. The zero-order chi connectivity index (χ0) is 21.1. The highest BCUT2D eigenvalue weighted by atomic mass is 35.5. The molecule has 0 atom stereocenters. The van der Waals surface area contributed by atoms with Crippen molar-refractivity contribution in [1.82, 2.24) is 15.1 Å². The van der Waals surface area contributed by atoms with Crippen molar-refractivity contribution in [2.75, 3.05) is 25.5 Å². The maximum atomic E-state index is 13.2. The standard InChI is InChI=1S/C23H25ClN4O2.ClH/c1-15-3-4-17(24)13-21(15)27-23(29)20-14-26-28(18-5-7-19(30-2)8-6-18)22(20)16-9-11-25-12-10-16;/h3-8,13-14,16,25H,9-12H2,1-2H3,(H,27,29);1H. The summed E-state index contributed by atoms with van der Waals surface area (Å²) in [4.78, 5) is 13.2. The van der Waals surface area contributed by atoms with Crippen LogP contribution in [0.4, 0.5) is 5.69 Å². The molecule has 8 heteroatoms. The molecule has 0 aliphatic carbocycles. The molecule has 2 heterocycles. The molecule has 1 amide bonds. The number of anilines is 1. The molecule has 0 bridgehead atoms. The van der Waals surface area contributed by atoms with Crippen molar-refractivity contribution >= 4 is 35.6 Å². The number of methoxy groups -OCH3 is 1. The molecule has 0 spiro atoms. The monoisotopic (exact) mass is 460 g/mol. The fourth-order valence-electron chi connectivity index (χ4n) is 3.87. The van der Waals surface area contributed by atoms with Crippen LogP contribution in [0.25, 0.3) is 5.69 Å². The summed E-state index contributed by atoms with van der Waals surface area (Å²) in [6.07, 6.45) is 3.58. The van der Waals surface area contributed by atoms with Crippen molar-refractivity contribution < 1.29 is 9.53 Å². The van der Waals surface area contributed by atoms with Gasteiger partial charge in [0.25, 0.3) is 5.91 Å². The molecule has 1 saturated heterocycles. The first-order valence-corrected chi connectivity index (χ1v) is 10.4. The molecule has 0 radical (unpaired) electrons. The lowest BCUT2D eigenvalue weighted by Crippen LogP contribution is -2.29. The number of benzene rings is 2. The number of halogens is 2. The summed E-state index contributed by atoms with van der Waals surface area (Å²) in [5.74, 6) is 0.856. The van der Waals surface area contributed by atoms with Crippen molar-refractivity contribution in [3.05, 3.63) is 70.5 Å². The van der Waals surface area contributed by atoms with E-state index in [2.05, 4.69) is 15.7 Å². The number of carbonyl (C=O) groups excluding carboxylic acids is 1. The maximum Gasteiger partial charge on any atom is 0.259 e. The molecule has 1 aromatic heterocycles. The van der Waals surface area contributed by atoms with Gasteiger partial charge in [0.15, 0.2) is 0 Å². The third-order valence-corrected chi connectivity index (χ3v) is 5.78. The van der Waals surface area contributed by atoms with Gasteiger partial charge in [-0.1, -0.05) is 17.7 Å². The highest BCUT2D eigenvalue weighted by Gasteiger charge is 2.27. The van der Waals surface area contributed by atoms with Crippen molar-refractivity contribution in [2.24, 2.45) is 0 Å². The second-order valence-electron chi connectivity index (χ2n) is 7.49. The third kappa shape index (κ3) is 5.03. The predicted molar refractivity (Wildman–Crippen MR) is 126 cm³/mol. The number of piperidine rings is 1. The highest BCUT2D eigenvalue weighted by Crippen LogP contribution is 2.31. The minimum absolute atomic E-state index is 0. The Morgan fingerprint density at radius 3 is 2.58 bits per heavy atom. The molecule has 3 aromatic rings. The van der Waals surface area contributed by atoms with Gasteiger partial charge in [-0.15, -0.1) is 12.4 Å². The molecule has 31 heavy (non-hydrogen) atoms. The van der Waals surface area contributed by atoms with Gasteiger partial charge in [-0.2, -0.15) is 5.10 Å². The van der Waals surface area contributed by atoms with Crippen molar-refractivity contribution in [3.8, 4) is 11.4 Å². The predicted octanol–water partition coefficient (Wildman–Crippen LogP) is 4.98. The van der Waals surface area contributed by atoms with Crippen LogP contribution in [0.1, 0.15) is 40.4 Å². The number of hydrogen-bond donors (Lipinski definition) is 2. The summed E-state index contributed by atoms with van der Waals surface area (Å²) in [6.45, 7) is 3.79. The van der Waals surface area contributed by atoms with E-state index in [-0.39, 0.29) is 24.2 Å². The highest BCUT2D eigenvalue weighted by molar-refractivity contribution is 6.31. The summed E-state index contributed by atoms with van der Waals surface area (Å²) in [6, 6.07) is 13.2. The first kappa shape index (κ1) is 23.1. The van der Waals surface area contributed by atoms with Crippen LogP contribution in [0.3, 0.4) is 0 Å². The molecule has 4 rings (SSSR count). The summed E-state index contributed by atoms with van der Waals surface area (Å²) >= 11 is 6.12. The van der Waals surface area contributed by atoms with Crippen LogP contribution >= 0.6 is 24.0 Å². The van der Waals surface area contributed by atoms with Crippen LogP contribution in [0.15, 0.2) is 48.7 Å². The number of nitrogens with zero attached hydrogens (tertiary/aromatic N) is 2. The molecule has 1 aliphatic rings. The van der Waals surface area contributed by atoms with Crippen LogP contribution in [0, 0.1) is 6.92 Å². The van der Waals surface area contributed by atoms with Crippen LogP contribution in [0.2, 0.25) is 5.02 Å². The zero-order valence-corrected chi connectivity index (χ0v) is 19.1. The summed E-state index contributed by atoms with van der Waals surface area (Å²) in [5, 5.41) is 11.6. The quantitative estimate of drug-likeness (QED) is 0.562. The lowest BCUT2D eigenvalue weighted by Gasteiger charge is -2.25. The van der Waals surface area contributed by atoms with E-state index in [1.54, 1.807) is 19.4 Å². The van der Waals surface area contributed by atoms with Gasteiger partial charge in [0, 0.05) is 16.6 Å². The SMILES string of the molecule is COc1ccc(-n2ncc(C(=O)Nc3cc(Cl)ccc3C)c2C2CCNCC2)cc1.Cl. The molecule has 2 N–H and O–H groups in total. The molecule has 2 aromatic carbocycles. The number of hydrogen-bond acceptors (Lipinski definition) is 4. The normalized spacial score (nSPS) is 14.0. The lowest BCUT2D eigenvalue weighted by molar-refractivity contribution is 0.102. The lowest BCUT2D eigenvalue weighted by atomic mass is 9.91. The molecular weight excluding hydrogens is 435 g/mol. The second-order valence-corrected chi connectivity index (χ2v) is 7.93. The number of aromatic nitrogens is 2. The number of ether oxygens (including phenoxy) is 1. The van der Waals surface area contributed by atoms with E-state index in [9.17, 15) is 4.79 Å². The van der Waals surface area contributed by atoms with Crippen LogP contribution in [-0.2, 0) is 0 Å². The van der Waals surface area contributed by atoms with Crippen molar-refractivity contribution in [1.29, 1.82) is 0 Å². The smallest absolute Gasteiger partial charge is 0.259 e. The Morgan fingerprint density at radius 1 is 1.19 bits per heavy atom. The van der Waals surface area contributed by atoms with E-state index < -0.39 is 0 Å². The fraction of sp³-hybridized carbons (Fsp3) is 0.304. The van der Waals surface area contributed by atoms with Crippen molar-refractivity contribution in [3.63, 3.8) is 0 Å². The number of aryl methyl sites for hydroxylation is 1. The Balaban J connectivity index is 0.00000272. The largest absolute Gasteiger partial charge is 0.497 e. The molecular formula is C23H26Cl2N4O2. The summed E-state index contributed by atoms with van der Waals surface area (Å²) in [7, 11) is 1.64. The van der Waals surface area contributed by atoms with Gasteiger partial charge in [0.2, 0.25) is 0 Å². The first-order valence-electron chi connectivity index (χ1n) is 10.1. The molecule has 0 unspecified atom stereocenters. The van der Waals surface area contributed by atoms with Gasteiger partial charge >= 0.3 is 0 Å². The van der Waals surface area contributed by atoms with Gasteiger partial charge in [0.1, 0.15) is 5.75 Å². The van der Waals surface area contributed by atoms with E-state index in [1.165, 1.54) is 0 Å². The second kappa shape index (κ2) is 10.2. The van der Waals surface area contributed by atoms with E-state index in [4.69, 9.17) is 16.3 Å². The number of amides is 1. The minimum Gasteiger partial charge on any atom is -0.497 e. The van der Waals surface area contributed by atoms with Gasteiger partial charge in [-0.3, -0.25) is 4.79 Å². The number of rotatable bonds is 5. The molecule has 1 aliphatic heterocycles. The fourth-order valence-corrected chi connectivity index (χ4v) is 4.04. The van der Waals surface area contributed by atoms with E-state index in [0.29, 0.717) is 16.3 Å². The Morgan fingerprint density at radius 2 is 1.90 bits per heavy atom. The summed E-state index contributed by atoms with van der Waals surface area (Å²) < 4.78 is 7.15. The molecule has 0 saturated carbocycles. The average molecular weight is 461 g/mol. The van der Waals surface area contributed by atoms with Crippen LogP contribution in [-0.4, -0.2) is 35.9 Å². The summed E-state index contributed by atoms with van der Waals surface area (Å²) in [5.41, 5.74) is 4.11. The number of nitrogens with one attached hydrogen (secondary N) is 2. The van der Waals surface area contributed by atoms with Crippen molar-refractivity contribution in [2.45, 2.75) is 25.7 Å². The van der Waals surface area contributed by atoms with Gasteiger partial charge in [-0.05, 0) is 74.8 Å². The Kier molecular flexibility index (Phi) is 7.59. The van der Waals surface area contributed by atoms with E-state index >= 15 is 0 Å². The topological polar surface area (TPSA) is 68.2 Å². The van der Waals surface area contributed by atoms with E-state index in [0.717, 1.165) is 48.6 Å². The zero-order valence-electron chi connectivity index (χ0n) is 17.5. The maximum absolute atomic E-state index is 13.2. The van der Waals surface area contributed by atoms with E-state index in [1.807, 2.05) is 48.0 Å². The Bertz CT molecular complexity index is 1040. The Labute approximate surface area is 193 Å².